The molecule has 0 radical (unpaired) electrons. The minimum absolute atomic E-state index is 0.213. The fourth-order valence-electron chi connectivity index (χ4n) is 0.970. The molecule has 0 saturated carbocycles. The van der Waals surface area contributed by atoms with Crippen molar-refractivity contribution in [2.45, 2.75) is 19.8 Å². The molecular formula is C9H12O3S. The number of hydrogen-bond acceptors (Lipinski definition) is 4. The Morgan fingerprint density at radius 3 is 3.00 bits per heavy atom. The average molecular weight is 200 g/mol. The first-order chi connectivity index (χ1) is 6.24. The maximum Gasteiger partial charge on any atom is 0.306 e. The standard InChI is InChI=1S/C9H12O3S/c1-2-12-9(11)4-3-8-7(10)5-6-13-8/h5-6,10H,2-4H2,1H3. The second kappa shape index (κ2) is 4.87. The van der Waals surface area contributed by atoms with Crippen molar-refractivity contribution in [1.29, 1.82) is 0 Å². The lowest BCUT2D eigenvalue weighted by Crippen LogP contribution is -2.04. The Morgan fingerprint density at radius 1 is 1.69 bits per heavy atom. The Labute approximate surface area is 81.0 Å². The van der Waals surface area contributed by atoms with Gasteiger partial charge in [-0.3, -0.25) is 4.79 Å². The van der Waals surface area contributed by atoms with Crippen molar-refractivity contribution in [2.24, 2.45) is 0 Å². The van der Waals surface area contributed by atoms with Crippen LogP contribution in [0.4, 0.5) is 0 Å². The number of aryl methyl sites for hydroxylation is 1. The smallest absolute Gasteiger partial charge is 0.306 e. The zero-order chi connectivity index (χ0) is 9.68. The predicted molar refractivity (Wildman–Crippen MR) is 50.9 cm³/mol. The van der Waals surface area contributed by atoms with Crippen LogP contribution in [0.1, 0.15) is 18.2 Å². The van der Waals surface area contributed by atoms with Gasteiger partial charge in [0.05, 0.1) is 13.0 Å². The summed E-state index contributed by atoms with van der Waals surface area (Å²) in [7, 11) is 0. The van der Waals surface area contributed by atoms with Gasteiger partial charge in [0.15, 0.2) is 0 Å². The van der Waals surface area contributed by atoms with Crippen LogP contribution in [-0.2, 0) is 16.0 Å². The molecule has 1 aromatic heterocycles. The molecule has 1 aromatic rings. The Hall–Kier alpha value is -1.03. The van der Waals surface area contributed by atoms with Gasteiger partial charge < -0.3 is 9.84 Å². The number of carbonyl (C=O) groups is 1. The van der Waals surface area contributed by atoms with Crippen LogP contribution in [0, 0.1) is 0 Å². The van der Waals surface area contributed by atoms with Crippen LogP contribution in [0.5, 0.6) is 5.75 Å². The summed E-state index contributed by atoms with van der Waals surface area (Å²) in [5.74, 6) is 0.0598. The summed E-state index contributed by atoms with van der Waals surface area (Å²) in [5, 5.41) is 11.1. The van der Waals surface area contributed by atoms with E-state index in [0.29, 0.717) is 19.4 Å². The largest absolute Gasteiger partial charge is 0.507 e. The van der Waals surface area contributed by atoms with E-state index in [-0.39, 0.29) is 11.7 Å². The molecule has 0 fully saturated rings. The topological polar surface area (TPSA) is 46.5 Å². The number of thiophene rings is 1. The van der Waals surface area contributed by atoms with E-state index in [9.17, 15) is 9.90 Å². The van der Waals surface area contributed by atoms with Crippen LogP contribution in [0.3, 0.4) is 0 Å². The maximum absolute atomic E-state index is 11.0. The van der Waals surface area contributed by atoms with Gasteiger partial charge in [-0.2, -0.15) is 0 Å². The third-order valence-electron chi connectivity index (χ3n) is 1.58. The molecule has 3 nitrogen and oxygen atoms in total. The van der Waals surface area contributed by atoms with Crippen LogP contribution in [0.15, 0.2) is 11.4 Å². The Kier molecular flexibility index (Phi) is 3.76. The molecular weight excluding hydrogens is 188 g/mol. The van der Waals surface area contributed by atoms with Gasteiger partial charge in [0.2, 0.25) is 0 Å². The number of hydrogen-bond donors (Lipinski definition) is 1. The van der Waals surface area contributed by atoms with E-state index in [4.69, 9.17) is 4.74 Å². The summed E-state index contributed by atoms with van der Waals surface area (Å²) in [6, 6.07) is 1.63. The van der Waals surface area contributed by atoms with Crippen LogP contribution in [-0.4, -0.2) is 17.7 Å². The number of ether oxygens (including phenoxy) is 1. The van der Waals surface area contributed by atoms with Gasteiger partial charge in [0, 0.05) is 4.88 Å². The highest BCUT2D eigenvalue weighted by Gasteiger charge is 2.06. The molecule has 0 bridgehead atoms. The average Bonchev–Trinajstić information content (AvgIpc) is 2.48. The van der Waals surface area contributed by atoms with Crippen molar-refractivity contribution in [2.75, 3.05) is 6.61 Å². The molecule has 13 heavy (non-hydrogen) atoms. The second-order valence-electron chi connectivity index (χ2n) is 2.53. The molecule has 0 amide bonds. The summed E-state index contributed by atoms with van der Waals surface area (Å²) in [6.07, 6.45) is 0.893. The Morgan fingerprint density at radius 2 is 2.46 bits per heavy atom. The predicted octanol–water partition coefficient (Wildman–Crippen LogP) is 1.95. The normalized spacial score (nSPS) is 9.92. The van der Waals surface area contributed by atoms with E-state index < -0.39 is 0 Å². The highest BCUT2D eigenvalue weighted by Crippen LogP contribution is 2.24. The van der Waals surface area contributed by atoms with Crippen molar-refractivity contribution in [3.05, 3.63) is 16.3 Å². The van der Waals surface area contributed by atoms with E-state index in [1.54, 1.807) is 18.4 Å². The molecule has 4 heteroatoms. The monoisotopic (exact) mass is 200 g/mol. The van der Waals surface area contributed by atoms with Crippen LogP contribution in [0.25, 0.3) is 0 Å². The van der Waals surface area contributed by atoms with Crippen LogP contribution < -0.4 is 0 Å². The van der Waals surface area contributed by atoms with Crippen molar-refractivity contribution in [3.8, 4) is 5.75 Å². The molecule has 1 rings (SSSR count). The third kappa shape index (κ3) is 3.06. The Bertz CT molecular complexity index is 280. The molecule has 0 saturated heterocycles. The molecule has 0 spiro atoms. The summed E-state index contributed by atoms with van der Waals surface area (Å²) in [5.41, 5.74) is 0. The van der Waals surface area contributed by atoms with Crippen molar-refractivity contribution >= 4 is 17.3 Å². The fourth-order valence-corrected chi connectivity index (χ4v) is 1.74. The zero-order valence-corrected chi connectivity index (χ0v) is 8.26. The summed E-state index contributed by atoms with van der Waals surface area (Å²) in [4.78, 5) is 11.8. The van der Waals surface area contributed by atoms with Crippen molar-refractivity contribution < 1.29 is 14.6 Å². The van der Waals surface area contributed by atoms with Gasteiger partial charge in [-0.25, -0.2) is 0 Å². The molecule has 72 valence electrons. The molecule has 1 N–H and O–H groups in total. The van der Waals surface area contributed by atoms with Crippen LogP contribution in [0.2, 0.25) is 0 Å². The molecule has 0 aliphatic carbocycles. The van der Waals surface area contributed by atoms with E-state index in [1.165, 1.54) is 11.3 Å². The molecule has 0 aromatic carbocycles. The van der Waals surface area contributed by atoms with Gasteiger partial charge >= 0.3 is 5.97 Å². The molecule has 0 unspecified atom stereocenters. The van der Waals surface area contributed by atoms with Gasteiger partial charge in [-0.05, 0) is 24.8 Å². The zero-order valence-electron chi connectivity index (χ0n) is 7.45. The lowest BCUT2D eigenvalue weighted by Gasteiger charge is -2.00. The van der Waals surface area contributed by atoms with Gasteiger partial charge in [-0.15, -0.1) is 11.3 Å². The number of esters is 1. The highest BCUT2D eigenvalue weighted by atomic mass is 32.1. The van der Waals surface area contributed by atoms with E-state index in [0.717, 1.165) is 4.88 Å². The SMILES string of the molecule is CCOC(=O)CCc1sccc1O. The first-order valence-corrected chi connectivity index (χ1v) is 5.03. The first-order valence-electron chi connectivity index (χ1n) is 4.15. The first kappa shape index (κ1) is 10.1. The number of aromatic hydroxyl groups is 1. The summed E-state index contributed by atoms with van der Waals surface area (Å²) < 4.78 is 4.76. The molecule has 1 heterocycles. The number of carbonyl (C=O) groups excluding carboxylic acids is 1. The third-order valence-corrected chi connectivity index (χ3v) is 2.55. The fraction of sp³-hybridized carbons (Fsp3) is 0.444. The molecule has 0 aliphatic heterocycles. The minimum atomic E-state index is -0.213. The van der Waals surface area contributed by atoms with Gasteiger partial charge in [-0.1, -0.05) is 0 Å². The lowest BCUT2D eigenvalue weighted by molar-refractivity contribution is -0.143. The minimum Gasteiger partial charge on any atom is -0.507 e. The van der Waals surface area contributed by atoms with Gasteiger partial charge in [0.1, 0.15) is 5.75 Å². The van der Waals surface area contributed by atoms with Crippen LogP contribution >= 0.6 is 11.3 Å². The van der Waals surface area contributed by atoms with E-state index >= 15 is 0 Å². The number of rotatable bonds is 4. The lowest BCUT2D eigenvalue weighted by atomic mass is 10.2. The highest BCUT2D eigenvalue weighted by molar-refractivity contribution is 7.10. The van der Waals surface area contributed by atoms with Gasteiger partial charge in [0.25, 0.3) is 0 Å². The summed E-state index contributed by atoms with van der Waals surface area (Å²) in [6.45, 7) is 2.19. The van der Waals surface area contributed by atoms with Crippen molar-refractivity contribution in [3.63, 3.8) is 0 Å². The summed E-state index contributed by atoms with van der Waals surface area (Å²) >= 11 is 1.45. The van der Waals surface area contributed by atoms with E-state index in [2.05, 4.69) is 0 Å². The Balaban J connectivity index is 2.35. The molecule has 0 aliphatic rings. The second-order valence-corrected chi connectivity index (χ2v) is 3.53. The van der Waals surface area contributed by atoms with Crippen molar-refractivity contribution in [1.82, 2.24) is 0 Å². The van der Waals surface area contributed by atoms with E-state index in [1.807, 2.05) is 0 Å². The quantitative estimate of drug-likeness (QED) is 0.756. The molecule has 0 atom stereocenters. The maximum atomic E-state index is 11.0.